The second kappa shape index (κ2) is 7.18. The van der Waals surface area contributed by atoms with E-state index in [1.807, 2.05) is 0 Å². The van der Waals surface area contributed by atoms with Crippen LogP contribution >= 0.6 is 0 Å². The molecule has 2 unspecified atom stereocenters. The van der Waals surface area contributed by atoms with Crippen molar-refractivity contribution in [1.82, 2.24) is 0 Å². The molecule has 2 rings (SSSR count). The standard InChI is InChI=1S/C16H14O6/c1-11(21-15(17)13-5-3-9-19-13)7-8-12(2)22-16(18)14-6-4-10-20-14/h3-6,9-12H,1-2H3. The Balaban J connectivity index is 1.83. The first kappa shape index (κ1) is 15.4. The van der Waals surface area contributed by atoms with Gasteiger partial charge in [0.2, 0.25) is 11.5 Å². The fraction of sp³-hybridized carbons (Fsp3) is 0.250. The summed E-state index contributed by atoms with van der Waals surface area (Å²) in [6.07, 6.45) is 1.43. The van der Waals surface area contributed by atoms with Gasteiger partial charge < -0.3 is 18.3 Å². The molecule has 0 saturated heterocycles. The van der Waals surface area contributed by atoms with E-state index >= 15 is 0 Å². The van der Waals surface area contributed by atoms with Gasteiger partial charge in [0.05, 0.1) is 12.5 Å². The Labute approximate surface area is 127 Å². The van der Waals surface area contributed by atoms with E-state index in [2.05, 4.69) is 11.8 Å². The molecule has 6 heteroatoms. The Morgan fingerprint density at radius 1 is 0.909 bits per heavy atom. The van der Waals surface area contributed by atoms with Gasteiger partial charge in [0.1, 0.15) is 0 Å². The zero-order valence-electron chi connectivity index (χ0n) is 12.1. The lowest BCUT2D eigenvalue weighted by molar-refractivity contribution is 0.0377. The van der Waals surface area contributed by atoms with Gasteiger partial charge in [-0.3, -0.25) is 0 Å². The maximum Gasteiger partial charge on any atom is 0.375 e. The lowest BCUT2D eigenvalue weighted by Crippen LogP contribution is -2.15. The number of hydrogen-bond acceptors (Lipinski definition) is 6. The average molecular weight is 302 g/mol. The lowest BCUT2D eigenvalue weighted by atomic mass is 10.3. The summed E-state index contributed by atoms with van der Waals surface area (Å²) < 4.78 is 19.9. The van der Waals surface area contributed by atoms with Crippen LogP contribution in [0.4, 0.5) is 0 Å². The normalized spacial score (nSPS) is 12.6. The van der Waals surface area contributed by atoms with Crippen molar-refractivity contribution in [3.63, 3.8) is 0 Å². The Bertz CT molecular complexity index is 614. The number of furan rings is 2. The second-order valence-electron chi connectivity index (χ2n) is 4.34. The van der Waals surface area contributed by atoms with E-state index in [1.165, 1.54) is 24.7 Å². The van der Waals surface area contributed by atoms with Gasteiger partial charge >= 0.3 is 11.9 Å². The second-order valence-corrected chi connectivity index (χ2v) is 4.34. The molecule has 0 aromatic carbocycles. The minimum atomic E-state index is -0.664. The number of hydrogen-bond donors (Lipinski definition) is 0. The van der Waals surface area contributed by atoms with E-state index < -0.39 is 24.1 Å². The average Bonchev–Trinajstić information content (AvgIpc) is 3.17. The van der Waals surface area contributed by atoms with Crippen LogP contribution in [0.2, 0.25) is 0 Å². The molecule has 0 bridgehead atoms. The van der Waals surface area contributed by atoms with Gasteiger partial charge in [-0.05, 0) is 38.1 Å². The first-order chi connectivity index (χ1) is 10.6. The summed E-state index contributed by atoms with van der Waals surface area (Å²) in [4.78, 5) is 23.2. The molecule has 2 atom stereocenters. The fourth-order valence-corrected chi connectivity index (χ4v) is 1.52. The van der Waals surface area contributed by atoms with Crippen LogP contribution in [0.5, 0.6) is 0 Å². The van der Waals surface area contributed by atoms with Gasteiger partial charge in [-0.15, -0.1) is 0 Å². The van der Waals surface area contributed by atoms with Crippen molar-refractivity contribution in [3.05, 3.63) is 48.3 Å². The molecule has 0 N–H and O–H groups in total. The monoisotopic (exact) mass is 302 g/mol. The SMILES string of the molecule is CC(C#CC(C)OC(=O)c1ccco1)OC(=O)c1ccco1. The predicted molar refractivity (Wildman–Crippen MR) is 74.9 cm³/mol. The highest BCUT2D eigenvalue weighted by atomic mass is 16.6. The Hall–Kier alpha value is -2.94. The Kier molecular flexibility index (Phi) is 5.04. The van der Waals surface area contributed by atoms with Crippen LogP contribution in [0.1, 0.15) is 35.0 Å². The van der Waals surface area contributed by atoms with Gasteiger partial charge in [0, 0.05) is 0 Å². The van der Waals surface area contributed by atoms with E-state index in [1.54, 1.807) is 26.0 Å². The maximum absolute atomic E-state index is 11.6. The number of carbonyl (C=O) groups excluding carboxylic acids is 2. The van der Waals surface area contributed by atoms with Crippen LogP contribution in [-0.4, -0.2) is 24.1 Å². The third kappa shape index (κ3) is 4.28. The molecule has 0 aliphatic heterocycles. The van der Waals surface area contributed by atoms with Crippen LogP contribution in [0, 0.1) is 11.8 Å². The third-order valence-corrected chi connectivity index (χ3v) is 2.50. The van der Waals surface area contributed by atoms with Gasteiger partial charge in [-0.25, -0.2) is 9.59 Å². The minimum absolute atomic E-state index is 0.103. The lowest BCUT2D eigenvalue weighted by Gasteiger charge is -2.07. The molecule has 0 amide bonds. The van der Waals surface area contributed by atoms with Crippen molar-refractivity contribution in [2.45, 2.75) is 26.1 Å². The van der Waals surface area contributed by atoms with E-state index in [9.17, 15) is 9.59 Å². The minimum Gasteiger partial charge on any atom is -0.457 e. The molecule has 2 aromatic rings. The zero-order valence-corrected chi connectivity index (χ0v) is 12.1. The summed E-state index contributed by atoms with van der Waals surface area (Å²) in [5.74, 6) is 4.36. The molecule has 0 aliphatic carbocycles. The van der Waals surface area contributed by atoms with Crippen molar-refractivity contribution < 1.29 is 27.9 Å². The van der Waals surface area contributed by atoms with Crippen molar-refractivity contribution in [2.24, 2.45) is 0 Å². The molecule has 114 valence electrons. The number of carbonyl (C=O) groups is 2. The van der Waals surface area contributed by atoms with Gasteiger partial charge in [-0.2, -0.15) is 0 Å². The van der Waals surface area contributed by atoms with Crippen LogP contribution in [-0.2, 0) is 9.47 Å². The molecular weight excluding hydrogens is 288 g/mol. The van der Waals surface area contributed by atoms with Crippen LogP contribution in [0.25, 0.3) is 0 Å². The van der Waals surface area contributed by atoms with E-state index in [4.69, 9.17) is 18.3 Å². The van der Waals surface area contributed by atoms with Gasteiger partial charge in [-0.1, -0.05) is 11.8 Å². The molecule has 22 heavy (non-hydrogen) atoms. The summed E-state index contributed by atoms with van der Waals surface area (Å²) in [7, 11) is 0. The summed E-state index contributed by atoms with van der Waals surface area (Å²) >= 11 is 0. The predicted octanol–water partition coefficient (Wildman–Crippen LogP) is 2.67. The summed E-state index contributed by atoms with van der Waals surface area (Å²) in [6.45, 7) is 3.21. The summed E-state index contributed by atoms with van der Waals surface area (Å²) in [5, 5.41) is 0. The highest BCUT2D eigenvalue weighted by Crippen LogP contribution is 2.06. The van der Waals surface area contributed by atoms with Gasteiger partial charge in [0.15, 0.2) is 12.2 Å². The molecule has 0 aliphatic rings. The van der Waals surface area contributed by atoms with Crippen LogP contribution in [0.15, 0.2) is 45.6 Å². The molecule has 0 radical (unpaired) electrons. The van der Waals surface area contributed by atoms with Crippen molar-refractivity contribution in [1.29, 1.82) is 0 Å². The first-order valence-corrected chi connectivity index (χ1v) is 6.56. The summed E-state index contributed by atoms with van der Waals surface area (Å²) in [5.41, 5.74) is 0. The molecule has 0 saturated carbocycles. The number of rotatable bonds is 4. The smallest absolute Gasteiger partial charge is 0.375 e. The topological polar surface area (TPSA) is 78.9 Å². The largest absolute Gasteiger partial charge is 0.457 e. The van der Waals surface area contributed by atoms with E-state index in [0.717, 1.165) is 0 Å². The first-order valence-electron chi connectivity index (χ1n) is 6.56. The van der Waals surface area contributed by atoms with Crippen molar-refractivity contribution in [2.75, 3.05) is 0 Å². The highest BCUT2D eigenvalue weighted by molar-refractivity contribution is 5.87. The maximum atomic E-state index is 11.6. The van der Waals surface area contributed by atoms with Crippen molar-refractivity contribution >= 4 is 11.9 Å². The fourth-order valence-electron chi connectivity index (χ4n) is 1.52. The van der Waals surface area contributed by atoms with Crippen LogP contribution in [0.3, 0.4) is 0 Å². The Morgan fingerprint density at radius 2 is 1.32 bits per heavy atom. The molecule has 2 heterocycles. The quantitative estimate of drug-likeness (QED) is 0.638. The van der Waals surface area contributed by atoms with Gasteiger partial charge in [0.25, 0.3) is 0 Å². The number of esters is 2. The highest BCUT2D eigenvalue weighted by Gasteiger charge is 2.14. The van der Waals surface area contributed by atoms with E-state index in [-0.39, 0.29) is 11.5 Å². The molecule has 0 spiro atoms. The van der Waals surface area contributed by atoms with Crippen molar-refractivity contribution in [3.8, 4) is 11.8 Å². The molecule has 0 fully saturated rings. The van der Waals surface area contributed by atoms with E-state index in [0.29, 0.717) is 0 Å². The van der Waals surface area contributed by atoms with Crippen LogP contribution < -0.4 is 0 Å². The molecular formula is C16H14O6. The molecule has 2 aromatic heterocycles. The third-order valence-electron chi connectivity index (χ3n) is 2.50. The Morgan fingerprint density at radius 3 is 1.64 bits per heavy atom. The molecule has 6 nitrogen and oxygen atoms in total. The summed E-state index contributed by atoms with van der Waals surface area (Å²) in [6, 6.07) is 6.17. The zero-order chi connectivity index (χ0) is 15.9. The number of ether oxygens (including phenoxy) is 2.